The van der Waals surface area contributed by atoms with Crippen LogP contribution in [0.1, 0.15) is 45.3 Å². The van der Waals surface area contributed by atoms with E-state index in [1.807, 2.05) is 19.1 Å². The maximum Gasteiger partial charge on any atom is 0.354 e. The van der Waals surface area contributed by atoms with Gasteiger partial charge in [0.25, 0.3) is 5.91 Å². The van der Waals surface area contributed by atoms with E-state index in [-0.39, 0.29) is 23.3 Å². The highest BCUT2D eigenvalue weighted by Crippen LogP contribution is 2.30. The minimum Gasteiger partial charge on any atom is -0.477 e. The third kappa shape index (κ3) is 2.67. The van der Waals surface area contributed by atoms with E-state index in [1.165, 1.54) is 6.33 Å². The van der Waals surface area contributed by atoms with Crippen molar-refractivity contribution in [1.82, 2.24) is 14.9 Å². The van der Waals surface area contributed by atoms with Crippen molar-refractivity contribution in [2.45, 2.75) is 32.4 Å². The fourth-order valence-corrected chi connectivity index (χ4v) is 2.25. The van der Waals surface area contributed by atoms with Gasteiger partial charge in [-0.2, -0.15) is 0 Å². The molecule has 0 unspecified atom stereocenters. The molecule has 21 heavy (non-hydrogen) atoms. The Morgan fingerprint density at radius 1 is 1.48 bits per heavy atom. The van der Waals surface area contributed by atoms with Crippen molar-refractivity contribution in [3.63, 3.8) is 0 Å². The number of carboxylic acids is 1. The van der Waals surface area contributed by atoms with E-state index in [0.717, 1.165) is 18.6 Å². The number of carbonyl (C=O) groups is 2. The van der Waals surface area contributed by atoms with E-state index in [4.69, 9.17) is 9.52 Å². The number of imidazole rings is 1. The van der Waals surface area contributed by atoms with Crippen molar-refractivity contribution >= 4 is 11.9 Å². The van der Waals surface area contributed by atoms with Crippen LogP contribution in [0.15, 0.2) is 22.9 Å². The molecule has 0 bridgehead atoms. The van der Waals surface area contributed by atoms with E-state index in [9.17, 15) is 9.59 Å². The lowest BCUT2D eigenvalue weighted by Gasteiger charge is -2.20. The molecule has 2 aromatic heterocycles. The van der Waals surface area contributed by atoms with Crippen LogP contribution in [0.5, 0.6) is 0 Å². The van der Waals surface area contributed by atoms with Crippen molar-refractivity contribution in [3.05, 3.63) is 41.4 Å². The molecule has 7 heteroatoms. The summed E-state index contributed by atoms with van der Waals surface area (Å²) in [6.07, 6.45) is 3.05. The molecule has 1 saturated carbocycles. The number of amides is 1. The second-order valence-electron chi connectivity index (χ2n) is 5.11. The van der Waals surface area contributed by atoms with Crippen LogP contribution in [0, 0.1) is 6.92 Å². The second-order valence-corrected chi connectivity index (χ2v) is 5.11. The number of rotatable bonds is 5. The third-order valence-electron chi connectivity index (χ3n) is 3.43. The summed E-state index contributed by atoms with van der Waals surface area (Å²) >= 11 is 0. The molecule has 1 aliphatic rings. The number of aryl methyl sites for hydroxylation is 1. The molecular formula is C14H15N3O4. The minimum absolute atomic E-state index is 0.0577. The monoisotopic (exact) mass is 289 g/mol. The van der Waals surface area contributed by atoms with Gasteiger partial charge in [0.05, 0.1) is 12.9 Å². The van der Waals surface area contributed by atoms with E-state index in [1.54, 1.807) is 4.90 Å². The van der Waals surface area contributed by atoms with Crippen molar-refractivity contribution < 1.29 is 19.1 Å². The van der Waals surface area contributed by atoms with Gasteiger partial charge in [-0.25, -0.2) is 9.78 Å². The Balaban J connectivity index is 1.85. The number of aromatic amines is 1. The van der Waals surface area contributed by atoms with Gasteiger partial charge in [-0.3, -0.25) is 4.79 Å². The Labute approximate surface area is 120 Å². The number of hydrogen-bond acceptors (Lipinski definition) is 4. The first-order valence-electron chi connectivity index (χ1n) is 6.69. The van der Waals surface area contributed by atoms with Crippen LogP contribution in [0.4, 0.5) is 0 Å². The zero-order valence-corrected chi connectivity index (χ0v) is 11.5. The van der Waals surface area contributed by atoms with E-state index in [0.29, 0.717) is 12.3 Å². The molecule has 1 amide bonds. The van der Waals surface area contributed by atoms with Crippen molar-refractivity contribution in [2.24, 2.45) is 0 Å². The van der Waals surface area contributed by atoms with Gasteiger partial charge in [0, 0.05) is 6.04 Å². The van der Waals surface area contributed by atoms with Gasteiger partial charge in [0.2, 0.25) is 0 Å². The van der Waals surface area contributed by atoms with Crippen LogP contribution in [-0.2, 0) is 6.54 Å². The Hall–Kier alpha value is -2.57. The number of hydrogen-bond donors (Lipinski definition) is 2. The van der Waals surface area contributed by atoms with Crippen LogP contribution in [-0.4, -0.2) is 37.9 Å². The van der Waals surface area contributed by atoms with Crippen molar-refractivity contribution in [2.75, 3.05) is 0 Å². The molecule has 110 valence electrons. The molecule has 7 nitrogen and oxygen atoms in total. The van der Waals surface area contributed by atoms with Gasteiger partial charge >= 0.3 is 5.97 Å². The average molecular weight is 289 g/mol. The number of carbonyl (C=O) groups excluding carboxylic acids is 1. The number of furan rings is 1. The molecule has 2 heterocycles. The predicted octanol–water partition coefficient (Wildman–Crippen LogP) is 1.81. The molecule has 0 radical (unpaired) electrons. The molecule has 1 fully saturated rings. The van der Waals surface area contributed by atoms with E-state index >= 15 is 0 Å². The first-order chi connectivity index (χ1) is 10.1. The minimum atomic E-state index is -1.19. The topological polar surface area (TPSA) is 99.4 Å². The average Bonchev–Trinajstić information content (AvgIpc) is 3.00. The third-order valence-corrected chi connectivity index (χ3v) is 3.43. The summed E-state index contributed by atoms with van der Waals surface area (Å²) < 4.78 is 5.50. The molecule has 1 aliphatic carbocycles. The molecule has 0 aliphatic heterocycles. The number of aromatic carboxylic acids is 1. The molecule has 0 spiro atoms. The lowest BCUT2D eigenvalue weighted by molar-refractivity contribution is 0.0657. The highest BCUT2D eigenvalue weighted by molar-refractivity contribution is 6.02. The van der Waals surface area contributed by atoms with E-state index in [2.05, 4.69) is 9.97 Å². The first-order valence-corrected chi connectivity index (χ1v) is 6.69. The number of H-pyrrole nitrogens is 1. The molecule has 3 rings (SSSR count). The molecule has 0 saturated heterocycles. The number of aromatic nitrogens is 2. The molecular weight excluding hydrogens is 274 g/mol. The van der Waals surface area contributed by atoms with Gasteiger partial charge in [0.15, 0.2) is 11.4 Å². The summed E-state index contributed by atoms with van der Waals surface area (Å²) in [5, 5.41) is 9.07. The summed E-state index contributed by atoms with van der Waals surface area (Å²) in [5.74, 6) is -0.120. The van der Waals surface area contributed by atoms with E-state index < -0.39 is 5.97 Å². The van der Waals surface area contributed by atoms with Crippen LogP contribution in [0.2, 0.25) is 0 Å². The summed E-state index contributed by atoms with van der Waals surface area (Å²) in [7, 11) is 0. The van der Waals surface area contributed by atoms with Crippen LogP contribution in [0.25, 0.3) is 0 Å². The summed E-state index contributed by atoms with van der Waals surface area (Å²) in [4.78, 5) is 31.6. The standard InChI is InChI=1S/C14H15N3O4/c1-8-2-5-10(21-8)6-17(9-3-4-9)13(18)11-12(14(19)20)16-7-15-11/h2,5,7,9H,3-4,6H2,1H3,(H,15,16)(H,19,20). The van der Waals surface area contributed by atoms with Crippen LogP contribution in [0.3, 0.4) is 0 Å². The van der Waals surface area contributed by atoms with Gasteiger partial charge in [-0.1, -0.05) is 0 Å². The summed E-state index contributed by atoms with van der Waals surface area (Å²) in [6, 6.07) is 3.78. The fraction of sp³-hybridized carbons (Fsp3) is 0.357. The molecule has 0 aromatic carbocycles. The van der Waals surface area contributed by atoms with Gasteiger partial charge in [-0.15, -0.1) is 0 Å². The molecule has 0 atom stereocenters. The zero-order valence-electron chi connectivity index (χ0n) is 11.5. The largest absolute Gasteiger partial charge is 0.477 e. The summed E-state index contributed by atoms with van der Waals surface area (Å²) in [5.41, 5.74) is -0.237. The molecule has 2 N–H and O–H groups in total. The van der Waals surface area contributed by atoms with Crippen molar-refractivity contribution in [1.29, 1.82) is 0 Å². The Morgan fingerprint density at radius 2 is 2.24 bits per heavy atom. The lowest BCUT2D eigenvalue weighted by Crippen LogP contribution is -2.33. The van der Waals surface area contributed by atoms with Gasteiger partial charge in [-0.05, 0) is 31.9 Å². The highest BCUT2D eigenvalue weighted by Gasteiger charge is 2.36. The first kappa shape index (κ1) is 13.4. The van der Waals surface area contributed by atoms with Crippen molar-refractivity contribution in [3.8, 4) is 0 Å². The maximum atomic E-state index is 12.6. The molecule has 2 aromatic rings. The SMILES string of the molecule is Cc1ccc(CN(C(=O)c2nc[nH]c2C(=O)O)C2CC2)o1. The number of nitrogens with one attached hydrogen (secondary N) is 1. The summed E-state index contributed by atoms with van der Waals surface area (Å²) in [6.45, 7) is 2.16. The maximum absolute atomic E-state index is 12.6. The highest BCUT2D eigenvalue weighted by atomic mass is 16.4. The van der Waals surface area contributed by atoms with Gasteiger partial charge in [0.1, 0.15) is 11.5 Å². The fourth-order valence-electron chi connectivity index (χ4n) is 2.25. The predicted molar refractivity (Wildman–Crippen MR) is 71.9 cm³/mol. The lowest BCUT2D eigenvalue weighted by atomic mass is 10.2. The quantitative estimate of drug-likeness (QED) is 0.874. The number of carboxylic acid groups (broad SMARTS) is 1. The second kappa shape index (κ2) is 5.08. The Bertz CT molecular complexity index is 684. The smallest absolute Gasteiger partial charge is 0.354 e. The normalized spacial score (nSPS) is 14.1. The van der Waals surface area contributed by atoms with Crippen LogP contribution >= 0.6 is 0 Å². The number of nitrogens with zero attached hydrogens (tertiary/aromatic N) is 2. The van der Waals surface area contributed by atoms with Gasteiger partial charge < -0.3 is 19.4 Å². The Kier molecular flexibility index (Phi) is 3.25. The van der Waals surface area contributed by atoms with Crippen LogP contribution < -0.4 is 0 Å². The Morgan fingerprint density at radius 3 is 2.81 bits per heavy atom. The zero-order chi connectivity index (χ0) is 15.0.